The predicted molar refractivity (Wildman–Crippen MR) is 106 cm³/mol. The second kappa shape index (κ2) is 9.45. The average molecular weight is 387 g/mol. The van der Waals surface area contributed by atoms with E-state index in [-0.39, 0.29) is 12.1 Å². The highest BCUT2D eigenvalue weighted by molar-refractivity contribution is 5.91. The molecule has 0 saturated heterocycles. The van der Waals surface area contributed by atoms with Crippen molar-refractivity contribution in [3.05, 3.63) is 29.3 Å². The van der Waals surface area contributed by atoms with E-state index in [2.05, 4.69) is 16.7 Å². The lowest BCUT2D eigenvalue weighted by Crippen LogP contribution is -2.42. The third-order valence-corrected chi connectivity index (χ3v) is 4.46. The van der Waals surface area contributed by atoms with Crippen LogP contribution in [0.15, 0.2) is 18.2 Å². The predicted octanol–water partition coefficient (Wildman–Crippen LogP) is 3.98. The van der Waals surface area contributed by atoms with E-state index in [9.17, 15) is 14.9 Å². The topological polar surface area (TPSA) is 100 Å². The Labute approximate surface area is 166 Å². The summed E-state index contributed by atoms with van der Waals surface area (Å²) in [6, 6.07) is 7.30. The number of benzene rings is 1. The molecule has 2 N–H and O–H groups in total. The van der Waals surface area contributed by atoms with Crippen molar-refractivity contribution in [1.82, 2.24) is 5.32 Å². The van der Waals surface area contributed by atoms with Crippen LogP contribution in [0.5, 0.6) is 0 Å². The van der Waals surface area contributed by atoms with E-state index in [0.29, 0.717) is 23.4 Å². The molecule has 0 spiro atoms. The quantitative estimate of drug-likeness (QED) is 0.741. The maximum absolute atomic E-state index is 11.9. The van der Waals surface area contributed by atoms with E-state index in [0.717, 1.165) is 25.7 Å². The number of ether oxygens (including phenoxy) is 2. The fourth-order valence-corrected chi connectivity index (χ4v) is 3.18. The Morgan fingerprint density at radius 3 is 2.39 bits per heavy atom. The van der Waals surface area contributed by atoms with Gasteiger partial charge in [0.2, 0.25) is 0 Å². The van der Waals surface area contributed by atoms with Crippen LogP contribution in [-0.4, -0.2) is 36.4 Å². The number of nitrogens with zero attached hydrogens (tertiary/aromatic N) is 1. The first kappa shape index (κ1) is 21.5. The zero-order chi connectivity index (χ0) is 20.7. The first-order valence-corrected chi connectivity index (χ1v) is 9.69. The van der Waals surface area contributed by atoms with Gasteiger partial charge in [0.05, 0.1) is 23.4 Å². The Bertz CT molecular complexity index is 741. The number of carbonyl (C=O) groups is 2. The van der Waals surface area contributed by atoms with Crippen molar-refractivity contribution < 1.29 is 19.1 Å². The number of amides is 1. The van der Waals surface area contributed by atoms with Gasteiger partial charge >= 0.3 is 12.1 Å². The van der Waals surface area contributed by atoms with E-state index in [4.69, 9.17) is 9.47 Å². The van der Waals surface area contributed by atoms with Crippen molar-refractivity contribution in [2.75, 3.05) is 11.9 Å². The number of rotatable bonds is 5. The third-order valence-electron chi connectivity index (χ3n) is 4.46. The Morgan fingerprint density at radius 1 is 1.18 bits per heavy atom. The summed E-state index contributed by atoms with van der Waals surface area (Å²) in [6.07, 6.45) is 2.93. The van der Waals surface area contributed by atoms with Gasteiger partial charge in [0.15, 0.2) is 0 Å². The van der Waals surface area contributed by atoms with Crippen molar-refractivity contribution in [1.29, 1.82) is 5.26 Å². The number of nitrogens with one attached hydrogen (secondary N) is 2. The molecular formula is C21H29N3O4. The average Bonchev–Trinajstić information content (AvgIpc) is 2.62. The van der Waals surface area contributed by atoms with E-state index >= 15 is 0 Å². The minimum absolute atomic E-state index is 0.0780. The molecular weight excluding hydrogens is 358 g/mol. The smallest absolute Gasteiger partial charge is 0.407 e. The summed E-state index contributed by atoms with van der Waals surface area (Å²) in [7, 11) is 0. The number of nitriles is 1. The van der Waals surface area contributed by atoms with E-state index in [1.165, 1.54) is 0 Å². The van der Waals surface area contributed by atoms with Crippen molar-refractivity contribution in [3.63, 3.8) is 0 Å². The van der Waals surface area contributed by atoms with Crippen LogP contribution < -0.4 is 10.6 Å². The van der Waals surface area contributed by atoms with E-state index in [1.54, 1.807) is 25.1 Å². The molecule has 1 saturated carbocycles. The first-order chi connectivity index (χ1) is 13.2. The number of hydrogen-bond donors (Lipinski definition) is 2. The molecule has 1 aliphatic rings. The molecule has 0 radical (unpaired) electrons. The highest BCUT2D eigenvalue weighted by Crippen LogP contribution is 2.25. The van der Waals surface area contributed by atoms with Gasteiger partial charge in [0, 0.05) is 12.1 Å². The van der Waals surface area contributed by atoms with Crippen LogP contribution in [0.1, 0.15) is 69.3 Å². The highest BCUT2D eigenvalue weighted by atomic mass is 16.6. The molecule has 152 valence electrons. The molecule has 7 heteroatoms. The minimum atomic E-state index is -0.513. The van der Waals surface area contributed by atoms with Crippen molar-refractivity contribution in [2.24, 2.45) is 0 Å². The summed E-state index contributed by atoms with van der Waals surface area (Å²) in [4.78, 5) is 23.9. The van der Waals surface area contributed by atoms with Gasteiger partial charge in [-0.3, -0.25) is 0 Å². The lowest BCUT2D eigenvalue weighted by atomic mass is 9.91. The molecule has 1 amide bonds. The highest BCUT2D eigenvalue weighted by Gasteiger charge is 2.25. The zero-order valence-corrected chi connectivity index (χ0v) is 17.0. The second-order valence-electron chi connectivity index (χ2n) is 7.93. The normalized spacial score (nSPS) is 19.2. The van der Waals surface area contributed by atoms with Crippen LogP contribution in [-0.2, 0) is 9.47 Å². The molecule has 0 atom stereocenters. The third kappa shape index (κ3) is 6.45. The monoisotopic (exact) mass is 387 g/mol. The fourth-order valence-electron chi connectivity index (χ4n) is 3.18. The molecule has 7 nitrogen and oxygen atoms in total. The summed E-state index contributed by atoms with van der Waals surface area (Å²) < 4.78 is 10.3. The van der Waals surface area contributed by atoms with E-state index in [1.807, 2.05) is 20.8 Å². The molecule has 0 aromatic heterocycles. The maximum atomic E-state index is 11.9. The molecule has 0 unspecified atom stereocenters. The Balaban J connectivity index is 1.93. The Hall–Kier alpha value is -2.75. The minimum Gasteiger partial charge on any atom is -0.462 e. The van der Waals surface area contributed by atoms with Crippen LogP contribution >= 0.6 is 0 Å². The molecule has 1 aliphatic carbocycles. The Morgan fingerprint density at radius 2 is 1.82 bits per heavy atom. The molecule has 1 aromatic rings. The summed E-state index contributed by atoms with van der Waals surface area (Å²) in [5, 5.41) is 15.6. The summed E-state index contributed by atoms with van der Waals surface area (Å²) in [5.74, 6) is -0.402. The van der Waals surface area contributed by atoms with Gasteiger partial charge in [-0.05, 0) is 71.6 Å². The number of carbonyl (C=O) groups excluding carboxylic acids is 2. The lowest BCUT2D eigenvalue weighted by Gasteiger charge is -2.31. The molecule has 0 bridgehead atoms. The number of alkyl carbamates (subject to hydrolysis) is 1. The lowest BCUT2D eigenvalue weighted by molar-refractivity contribution is 0.0489. The van der Waals surface area contributed by atoms with Crippen LogP contribution in [0.4, 0.5) is 10.5 Å². The summed E-state index contributed by atoms with van der Waals surface area (Å²) >= 11 is 0. The molecule has 0 heterocycles. The first-order valence-electron chi connectivity index (χ1n) is 9.69. The van der Waals surface area contributed by atoms with Crippen LogP contribution in [0, 0.1) is 11.3 Å². The summed E-state index contributed by atoms with van der Waals surface area (Å²) in [6.45, 7) is 7.57. The molecule has 28 heavy (non-hydrogen) atoms. The van der Waals surface area contributed by atoms with Crippen molar-refractivity contribution >= 4 is 17.7 Å². The van der Waals surface area contributed by atoms with Gasteiger partial charge in [0.1, 0.15) is 11.7 Å². The summed E-state index contributed by atoms with van der Waals surface area (Å²) in [5.41, 5.74) is 1.03. The largest absolute Gasteiger partial charge is 0.462 e. The molecule has 1 aromatic carbocycles. The van der Waals surface area contributed by atoms with Crippen molar-refractivity contribution in [3.8, 4) is 6.07 Å². The fraction of sp³-hybridized carbons (Fsp3) is 0.571. The SMILES string of the molecule is CCOC(=O)c1ccc(C#N)c(NC2CCC(NC(=O)OC(C)(C)C)CC2)c1. The number of hydrogen-bond acceptors (Lipinski definition) is 6. The Kier molecular flexibility index (Phi) is 7.27. The van der Waals surface area contributed by atoms with Gasteiger partial charge in [-0.1, -0.05) is 0 Å². The van der Waals surface area contributed by atoms with Gasteiger partial charge in [-0.15, -0.1) is 0 Å². The molecule has 2 rings (SSSR count). The second-order valence-corrected chi connectivity index (χ2v) is 7.93. The van der Waals surface area contributed by atoms with Crippen LogP contribution in [0.2, 0.25) is 0 Å². The van der Waals surface area contributed by atoms with Gasteiger partial charge in [-0.25, -0.2) is 9.59 Å². The number of esters is 1. The van der Waals surface area contributed by atoms with Crippen LogP contribution in [0.3, 0.4) is 0 Å². The molecule has 1 fully saturated rings. The number of anilines is 1. The maximum Gasteiger partial charge on any atom is 0.407 e. The van der Waals surface area contributed by atoms with Crippen LogP contribution in [0.25, 0.3) is 0 Å². The zero-order valence-electron chi connectivity index (χ0n) is 17.0. The standard InChI is InChI=1S/C21H29N3O4/c1-5-27-19(25)14-6-7-15(13-22)18(12-14)23-16-8-10-17(11-9-16)24-20(26)28-21(2,3)4/h6-7,12,16-17,23H,5,8-11H2,1-4H3,(H,24,26). The van der Waals surface area contributed by atoms with Gasteiger partial charge < -0.3 is 20.1 Å². The molecule has 0 aliphatic heterocycles. The van der Waals surface area contributed by atoms with Gasteiger partial charge in [-0.2, -0.15) is 5.26 Å². The van der Waals surface area contributed by atoms with E-state index < -0.39 is 17.7 Å². The van der Waals surface area contributed by atoms with Crippen molar-refractivity contribution in [2.45, 2.75) is 71.1 Å². The van der Waals surface area contributed by atoms with Gasteiger partial charge in [0.25, 0.3) is 0 Å².